The molecule has 0 aromatic carbocycles. The van der Waals surface area contributed by atoms with Gasteiger partial charge >= 0.3 is 11.2 Å². The van der Waals surface area contributed by atoms with Crippen molar-refractivity contribution in [3.63, 3.8) is 0 Å². The normalized spacial score (nSPS) is 19.9. The molecule has 0 aliphatic carbocycles. The summed E-state index contributed by atoms with van der Waals surface area (Å²) < 4.78 is 5.20. The Hall–Kier alpha value is -1.63. The molecule has 1 aromatic heterocycles. The van der Waals surface area contributed by atoms with Crippen LogP contribution in [-0.4, -0.2) is 34.9 Å². The van der Waals surface area contributed by atoms with E-state index in [1.54, 1.807) is 0 Å². The molecule has 1 fully saturated rings. The molecule has 88 valence electrons. The Morgan fingerprint density at radius 3 is 3.00 bits per heavy atom. The van der Waals surface area contributed by atoms with Crippen LogP contribution in [0.15, 0.2) is 9.59 Å². The second kappa shape index (κ2) is 4.93. The van der Waals surface area contributed by atoms with E-state index in [0.717, 1.165) is 25.9 Å². The summed E-state index contributed by atoms with van der Waals surface area (Å²) in [6, 6.07) is 0. The second-order valence-electron chi connectivity index (χ2n) is 3.81. The molecule has 7 heteroatoms. The van der Waals surface area contributed by atoms with Crippen molar-refractivity contribution >= 4 is 0 Å². The van der Waals surface area contributed by atoms with E-state index in [1.165, 1.54) is 0 Å². The molecule has 2 heterocycles. The fourth-order valence-electron chi connectivity index (χ4n) is 1.72. The number of nitrogens with zero attached hydrogens (tertiary/aromatic N) is 1. The summed E-state index contributed by atoms with van der Waals surface area (Å²) in [5.74, 6) is 0.521. The SMILES string of the molecule is O=c1[nH]nc(OCCC2CCNC2)c(=O)[nH]1. The lowest BCUT2D eigenvalue weighted by atomic mass is 10.1. The predicted octanol–water partition coefficient (Wildman–Crippen LogP) is -1.16. The van der Waals surface area contributed by atoms with Crippen molar-refractivity contribution in [3.05, 3.63) is 20.8 Å². The van der Waals surface area contributed by atoms with Gasteiger partial charge in [0, 0.05) is 0 Å². The average molecular weight is 226 g/mol. The van der Waals surface area contributed by atoms with E-state index < -0.39 is 11.2 Å². The minimum atomic E-state index is -0.627. The van der Waals surface area contributed by atoms with Gasteiger partial charge in [-0.25, -0.2) is 9.89 Å². The lowest BCUT2D eigenvalue weighted by molar-refractivity contribution is 0.266. The minimum absolute atomic E-state index is 0.0782. The highest BCUT2D eigenvalue weighted by Crippen LogP contribution is 2.11. The molecule has 0 amide bonds. The quantitative estimate of drug-likeness (QED) is 0.601. The van der Waals surface area contributed by atoms with Gasteiger partial charge in [-0.1, -0.05) is 0 Å². The zero-order valence-corrected chi connectivity index (χ0v) is 8.78. The van der Waals surface area contributed by atoms with E-state index in [-0.39, 0.29) is 5.88 Å². The largest absolute Gasteiger partial charge is 0.473 e. The van der Waals surface area contributed by atoms with E-state index >= 15 is 0 Å². The lowest BCUT2D eigenvalue weighted by Crippen LogP contribution is -2.26. The summed E-state index contributed by atoms with van der Waals surface area (Å²) in [6.45, 7) is 2.48. The molecule has 0 radical (unpaired) electrons. The van der Waals surface area contributed by atoms with Crippen molar-refractivity contribution in [2.24, 2.45) is 5.92 Å². The zero-order chi connectivity index (χ0) is 11.4. The van der Waals surface area contributed by atoms with Crippen LogP contribution in [0.4, 0.5) is 0 Å². The van der Waals surface area contributed by atoms with Gasteiger partial charge < -0.3 is 10.1 Å². The summed E-state index contributed by atoms with van der Waals surface area (Å²) in [5, 5.41) is 8.90. The van der Waals surface area contributed by atoms with Crippen molar-refractivity contribution in [1.82, 2.24) is 20.5 Å². The smallest absolute Gasteiger partial charge is 0.342 e. The third-order valence-electron chi connectivity index (χ3n) is 2.61. The Morgan fingerprint density at radius 2 is 2.31 bits per heavy atom. The van der Waals surface area contributed by atoms with Gasteiger partial charge in [-0.05, 0) is 31.8 Å². The van der Waals surface area contributed by atoms with E-state index in [0.29, 0.717) is 12.5 Å². The zero-order valence-electron chi connectivity index (χ0n) is 8.78. The standard InChI is InChI=1S/C9H14N4O3/c14-7-8(12-13-9(15)11-7)16-4-2-6-1-3-10-5-6/h6,10H,1-5H2,(H2,11,13,14,15). The average Bonchev–Trinajstić information content (AvgIpc) is 2.74. The monoisotopic (exact) mass is 226 g/mol. The molecule has 7 nitrogen and oxygen atoms in total. The van der Waals surface area contributed by atoms with Crippen LogP contribution in [0.1, 0.15) is 12.8 Å². The highest BCUT2D eigenvalue weighted by molar-refractivity contribution is 4.98. The molecule has 16 heavy (non-hydrogen) atoms. The second-order valence-corrected chi connectivity index (χ2v) is 3.81. The maximum atomic E-state index is 11.2. The van der Waals surface area contributed by atoms with Crippen LogP contribution < -0.4 is 21.3 Å². The number of nitrogens with one attached hydrogen (secondary N) is 3. The van der Waals surface area contributed by atoms with Gasteiger partial charge in [0.1, 0.15) is 0 Å². The third kappa shape index (κ3) is 2.69. The lowest BCUT2D eigenvalue weighted by Gasteiger charge is -2.07. The highest BCUT2D eigenvalue weighted by Gasteiger charge is 2.14. The number of H-pyrrole nitrogens is 2. The summed E-state index contributed by atoms with van der Waals surface area (Å²) >= 11 is 0. The van der Waals surface area contributed by atoms with Gasteiger partial charge in [0.15, 0.2) is 0 Å². The number of ether oxygens (including phenoxy) is 1. The molecule has 2 rings (SSSR count). The summed E-state index contributed by atoms with van der Waals surface area (Å²) in [5.41, 5.74) is -1.22. The summed E-state index contributed by atoms with van der Waals surface area (Å²) in [6.07, 6.45) is 2.02. The van der Waals surface area contributed by atoms with Gasteiger partial charge in [0.05, 0.1) is 6.61 Å². The molecule has 1 atom stereocenters. The van der Waals surface area contributed by atoms with E-state index in [1.807, 2.05) is 0 Å². The van der Waals surface area contributed by atoms with Crippen molar-refractivity contribution in [3.8, 4) is 5.88 Å². The van der Waals surface area contributed by atoms with E-state index in [4.69, 9.17) is 4.74 Å². The Labute approximate surface area is 91.2 Å². The van der Waals surface area contributed by atoms with Gasteiger partial charge in [-0.15, -0.1) is 5.10 Å². The molecular weight excluding hydrogens is 212 g/mol. The van der Waals surface area contributed by atoms with Crippen LogP contribution in [0.2, 0.25) is 0 Å². The Morgan fingerprint density at radius 1 is 1.44 bits per heavy atom. The first-order valence-electron chi connectivity index (χ1n) is 5.28. The number of aromatic nitrogens is 3. The highest BCUT2D eigenvalue weighted by atomic mass is 16.5. The molecule has 3 N–H and O–H groups in total. The Balaban J connectivity index is 1.84. The topological polar surface area (TPSA) is 99.9 Å². The van der Waals surface area contributed by atoms with Crippen LogP contribution in [0.3, 0.4) is 0 Å². The number of rotatable bonds is 4. The number of aromatic amines is 2. The first kappa shape index (κ1) is 10.9. The molecule has 1 aromatic rings. The van der Waals surface area contributed by atoms with Crippen LogP contribution in [0.5, 0.6) is 5.88 Å². The first-order chi connectivity index (χ1) is 7.75. The Bertz CT molecular complexity index is 447. The van der Waals surface area contributed by atoms with Gasteiger partial charge in [0.25, 0.3) is 5.88 Å². The van der Waals surface area contributed by atoms with Gasteiger partial charge in [-0.2, -0.15) is 0 Å². The van der Waals surface area contributed by atoms with Crippen molar-refractivity contribution < 1.29 is 4.74 Å². The van der Waals surface area contributed by atoms with Crippen molar-refractivity contribution in [2.45, 2.75) is 12.8 Å². The molecule has 1 aliphatic rings. The van der Waals surface area contributed by atoms with E-state index in [2.05, 4.69) is 20.5 Å². The molecule has 1 saturated heterocycles. The first-order valence-corrected chi connectivity index (χ1v) is 5.28. The fourth-order valence-corrected chi connectivity index (χ4v) is 1.72. The van der Waals surface area contributed by atoms with Gasteiger partial charge in [-0.3, -0.25) is 9.78 Å². The number of hydrogen-bond acceptors (Lipinski definition) is 5. The van der Waals surface area contributed by atoms with E-state index in [9.17, 15) is 9.59 Å². The molecule has 0 spiro atoms. The van der Waals surface area contributed by atoms with Crippen molar-refractivity contribution in [2.75, 3.05) is 19.7 Å². The molecule has 0 bridgehead atoms. The summed E-state index contributed by atoms with van der Waals surface area (Å²) in [7, 11) is 0. The maximum absolute atomic E-state index is 11.2. The molecule has 1 unspecified atom stereocenters. The predicted molar refractivity (Wildman–Crippen MR) is 56.6 cm³/mol. The fraction of sp³-hybridized carbons (Fsp3) is 0.667. The minimum Gasteiger partial charge on any atom is -0.473 e. The van der Waals surface area contributed by atoms with Crippen LogP contribution in [-0.2, 0) is 0 Å². The molecule has 0 saturated carbocycles. The van der Waals surface area contributed by atoms with Crippen LogP contribution >= 0.6 is 0 Å². The van der Waals surface area contributed by atoms with Crippen LogP contribution in [0.25, 0.3) is 0 Å². The van der Waals surface area contributed by atoms with Crippen LogP contribution in [0, 0.1) is 5.92 Å². The molecular formula is C9H14N4O3. The Kier molecular flexibility index (Phi) is 3.35. The van der Waals surface area contributed by atoms with Gasteiger partial charge in [0.2, 0.25) is 0 Å². The van der Waals surface area contributed by atoms with Crippen molar-refractivity contribution in [1.29, 1.82) is 0 Å². The maximum Gasteiger partial charge on any atom is 0.342 e. The number of hydrogen-bond donors (Lipinski definition) is 3. The summed E-state index contributed by atoms with van der Waals surface area (Å²) in [4.78, 5) is 23.9. The molecule has 1 aliphatic heterocycles. The third-order valence-corrected chi connectivity index (χ3v) is 2.61.